The molecule has 0 fully saturated rings. The average Bonchev–Trinajstić information content (AvgIpc) is 2.64. The van der Waals surface area contributed by atoms with Gasteiger partial charge in [0.05, 0.1) is 41.5 Å². The first kappa shape index (κ1) is 36.1. The molecule has 31 heavy (non-hydrogen) atoms. The van der Waals surface area contributed by atoms with Crippen molar-refractivity contribution >= 4 is 44.8 Å². The van der Waals surface area contributed by atoms with E-state index in [2.05, 4.69) is 38.5 Å². The Morgan fingerprint density at radius 1 is 0.806 bits per heavy atom. The van der Waals surface area contributed by atoms with E-state index in [9.17, 15) is 25.9 Å². The minimum Gasteiger partial charge on any atom is -0.726 e. The summed E-state index contributed by atoms with van der Waals surface area (Å²) in [4.78, 5) is 7.74. The molecule has 0 aromatic heterocycles. The first-order valence-electron chi connectivity index (χ1n) is 7.03. The Kier molecular flexibility index (Phi) is 22.9. The van der Waals surface area contributed by atoms with E-state index < -0.39 is 20.8 Å². The number of aliphatic imine (C=N–C) groups is 2. The molecule has 8 N–H and O–H groups in total. The number of amidine groups is 2. The summed E-state index contributed by atoms with van der Waals surface area (Å²) in [6.07, 6.45) is 0. The van der Waals surface area contributed by atoms with Gasteiger partial charge < -0.3 is 30.0 Å². The van der Waals surface area contributed by atoms with Gasteiger partial charge >= 0.3 is 17.1 Å². The maximum atomic E-state index is 9.22. The van der Waals surface area contributed by atoms with Crippen LogP contribution in [0.1, 0.15) is 0 Å². The van der Waals surface area contributed by atoms with Crippen molar-refractivity contribution in [1.82, 2.24) is 10.6 Å². The van der Waals surface area contributed by atoms with E-state index in [1.165, 1.54) is 14.2 Å². The zero-order valence-corrected chi connectivity index (χ0v) is 19.2. The minimum absolute atomic E-state index is 0. The molecule has 0 saturated carbocycles. The van der Waals surface area contributed by atoms with Crippen LogP contribution in [0.2, 0.25) is 0 Å². The van der Waals surface area contributed by atoms with Crippen molar-refractivity contribution in [3.05, 3.63) is 0 Å². The molecular formula is C10H24CuN8O10S2. The SMILES string of the molecule is COC(=N)NC(N)=NCCN=C(N)NC(=N)OC.COS(=O)(=O)[O-].COS(=O)(=O)[O-].[Cu+2]. The Hall–Kier alpha value is -2.26. The maximum Gasteiger partial charge on any atom is 2.00 e. The van der Waals surface area contributed by atoms with Crippen LogP contribution in [0.15, 0.2) is 9.98 Å². The van der Waals surface area contributed by atoms with Crippen LogP contribution >= 0.6 is 0 Å². The molecule has 0 amide bonds. The van der Waals surface area contributed by atoms with Gasteiger partial charge in [0.1, 0.15) is 0 Å². The van der Waals surface area contributed by atoms with Crippen LogP contribution in [-0.2, 0) is 55.7 Å². The van der Waals surface area contributed by atoms with Crippen LogP contribution in [-0.4, -0.2) is 91.4 Å². The van der Waals surface area contributed by atoms with Gasteiger partial charge in [0, 0.05) is 0 Å². The van der Waals surface area contributed by atoms with Gasteiger partial charge in [-0.15, -0.1) is 0 Å². The molecule has 0 aliphatic heterocycles. The van der Waals surface area contributed by atoms with Crippen LogP contribution in [0.4, 0.5) is 0 Å². The topological polar surface area (TPSA) is 300 Å². The largest absolute Gasteiger partial charge is 2.00 e. The molecule has 21 heteroatoms. The van der Waals surface area contributed by atoms with Crippen LogP contribution in [0.5, 0.6) is 0 Å². The third-order valence-electron chi connectivity index (χ3n) is 1.96. The molecule has 187 valence electrons. The van der Waals surface area contributed by atoms with Crippen molar-refractivity contribution < 1.29 is 60.8 Å². The fourth-order valence-corrected chi connectivity index (χ4v) is 0.755. The van der Waals surface area contributed by atoms with Gasteiger partial charge in [-0.05, 0) is 0 Å². The number of nitrogens with two attached hydrogens (primary N) is 2. The molecule has 0 atom stereocenters. The van der Waals surface area contributed by atoms with Gasteiger partial charge in [-0.1, -0.05) is 0 Å². The second-order valence-electron chi connectivity index (χ2n) is 4.00. The molecule has 0 rings (SSSR count). The Morgan fingerprint density at radius 2 is 1.03 bits per heavy atom. The standard InChI is InChI=1S/C8H18N8O2.2CH4O4S.Cu/c1-17-7(11)15-5(9)13-3-4-14-6(10)16-8(12)18-2;2*1-5-6(2,3)4;/h3-4H2,1-2H3,(H4,9,11,13,15)(H4,10,12,14,16);2*1H3,(H,2,3,4);/q;;;+2/p-2. The third kappa shape index (κ3) is 35.5. The molecule has 0 saturated heterocycles. The molecule has 0 aromatic rings. The summed E-state index contributed by atoms with van der Waals surface area (Å²) < 4.78 is 71.1. The first-order chi connectivity index (χ1) is 13.6. The van der Waals surface area contributed by atoms with Crippen LogP contribution in [0.3, 0.4) is 0 Å². The van der Waals surface area contributed by atoms with Crippen molar-refractivity contribution in [2.24, 2.45) is 21.5 Å². The summed E-state index contributed by atoms with van der Waals surface area (Å²) in [6, 6.07) is -0.399. The zero-order valence-electron chi connectivity index (χ0n) is 16.7. The van der Waals surface area contributed by atoms with Gasteiger partial charge in [-0.2, -0.15) is 0 Å². The van der Waals surface area contributed by atoms with Crippen molar-refractivity contribution in [1.29, 1.82) is 10.8 Å². The monoisotopic (exact) mass is 543 g/mol. The van der Waals surface area contributed by atoms with Crippen LogP contribution in [0, 0.1) is 10.8 Å². The molecule has 0 aliphatic rings. The first-order valence-corrected chi connectivity index (χ1v) is 9.70. The Balaban J connectivity index is -0.000000231. The quantitative estimate of drug-likeness (QED) is 0.0482. The second kappa shape index (κ2) is 19.7. The Labute approximate surface area is 190 Å². The predicted octanol–water partition coefficient (Wildman–Crippen LogP) is -3.86. The van der Waals surface area contributed by atoms with E-state index in [1.54, 1.807) is 0 Å². The summed E-state index contributed by atoms with van der Waals surface area (Å²) >= 11 is 0. The summed E-state index contributed by atoms with van der Waals surface area (Å²) in [5.74, 6) is 0.0985. The predicted molar refractivity (Wildman–Crippen MR) is 102 cm³/mol. The van der Waals surface area contributed by atoms with Crippen molar-refractivity contribution in [2.45, 2.75) is 0 Å². The number of methoxy groups -OCH3 is 2. The molecule has 0 heterocycles. The summed E-state index contributed by atoms with van der Waals surface area (Å²) in [6.45, 7) is 0.553. The number of hydrogen-bond acceptors (Lipinski definition) is 14. The summed E-state index contributed by atoms with van der Waals surface area (Å²) in [7, 11) is -4.53. The van der Waals surface area contributed by atoms with Gasteiger partial charge in [-0.25, -0.2) is 16.8 Å². The Bertz CT molecular complexity index is 721. The van der Waals surface area contributed by atoms with E-state index in [1.807, 2.05) is 0 Å². The molecule has 1 radical (unpaired) electrons. The normalized spacial score (nSPS) is 11.3. The number of rotatable bonds is 5. The third-order valence-corrected chi connectivity index (χ3v) is 2.78. The molecule has 18 nitrogen and oxygen atoms in total. The van der Waals surface area contributed by atoms with E-state index >= 15 is 0 Å². The molecule has 0 aromatic carbocycles. The number of nitrogens with zero attached hydrogens (tertiary/aromatic N) is 2. The van der Waals surface area contributed by atoms with Crippen molar-refractivity contribution in [3.8, 4) is 0 Å². The van der Waals surface area contributed by atoms with E-state index in [4.69, 9.17) is 22.3 Å². The van der Waals surface area contributed by atoms with Gasteiger partial charge in [0.2, 0.25) is 20.8 Å². The summed E-state index contributed by atoms with van der Waals surface area (Å²) in [5.41, 5.74) is 10.9. The van der Waals surface area contributed by atoms with Gasteiger partial charge in [0.25, 0.3) is 12.0 Å². The molecule has 0 spiro atoms. The van der Waals surface area contributed by atoms with Crippen molar-refractivity contribution in [3.63, 3.8) is 0 Å². The summed E-state index contributed by atoms with van der Waals surface area (Å²) in [5, 5.41) is 19.0. The minimum atomic E-state index is -4.41. The zero-order chi connectivity index (χ0) is 24.4. The number of guanidine groups is 2. The van der Waals surface area contributed by atoms with Gasteiger partial charge in [-0.3, -0.25) is 39.8 Å². The molecular weight excluding hydrogens is 520 g/mol. The van der Waals surface area contributed by atoms with Crippen LogP contribution < -0.4 is 22.1 Å². The molecule has 0 aliphatic carbocycles. The number of ether oxygens (including phenoxy) is 2. The number of nitrogens with one attached hydrogen (secondary N) is 4. The molecule has 0 unspecified atom stereocenters. The van der Waals surface area contributed by atoms with Crippen molar-refractivity contribution in [2.75, 3.05) is 41.5 Å². The second-order valence-corrected chi connectivity index (χ2v) is 6.30. The average molecular weight is 544 g/mol. The molecule has 0 bridgehead atoms. The van der Waals surface area contributed by atoms with E-state index in [0.717, 1.165) is 14.2 Å². The van der Waals surface area contributed by atoms with E-state index in [0.29, 0.717) is 0 Å². The smallest absolute Gasteiger partial charge is 0.726 e. The fraction of sp³-hybridized carbons (Fsp3) is 0.600. The van der Waals surface area contributed by atoms with E-state index in [-0.39, 0.29) is 54.1 Å². The Morgan fingerprint density at radius 3 is 1.19 bits per heavy atom. The number of hydrogen-bond donors (Lipinski definition) is 6. The van der Waals surface area contributed by atoms with Gasteiger partial charge in [0.15, 0.2) is 11.9 Å². The fourth-order valence-electron chi connectivity index (χ4n) is 0.755. The maximum absolute atomic E-state index is 9.22. The van der Waals surface area contributed by atoms with Crippen LogP contribution in [0.25, 0.3) is 0 Å².